The SMILES string of the molecule is CN(C)c1ccc(NC(=O)COC(=O)c2cccc3ccccc23)cc1. The van der Waals surface area contributed by atoms with Gasteiger partial charge in [0.2, 0.25) is 0 Å². The maximum absolute atomic E-state index is 12.3. The van der Waals surface area contributed by atoms with Gasteiger partial charge >= 0.3 is 5.97 Å². The van der Waals surface area contributed by atoms with Crippen LogP contribution < -0.4 is 10.2 Å². The minimum Gasteiger partial charge on any atom is -0.452 e. The second-order valence-electron chi connectivity index (χ2n) is 6.09. The van der Waals surface area contributed by atoms with Crippen LogP contribution in [0.2, 0.25) is 0 Å². The highest BCUT2D eigenvalue weighted by molar-refractivity contribution is 6.05. The highest BCUT2D eigenvalue weighted by atomic mass is 16.5. The van der Waals surface area contributed by atoms with Gasteiger partial charge in [0.15, 0.2) is 6.61 Å². The average Bonchev–Trinajstić information content (AvgIpc) is 2.66. The molecule has 0 unspecified atom stereocenters. The van der Waals surface area contributed by atoms with E-state index in [2.05, 4.69) is 5.32 Å². The maximum atomic E-state index is 12.3. The maximum Gasteiger partial charge on any atom is 0.339 e. The summed E-state index contributed by atoms with van der Waals surface area (Å²) in [6.07, 6.45) is 0. The Bertz CT molecular complexity index is 928. The summed E-state index contributed by atoms with van der Waals surface area (Å²) in [5, 5.41) is 4.47. The van der Waals surface area contributed by atoms with Crippen molar-refractivity contribution in [3.8, 4) is 0 Å². The largest absolute Gasteiger partial charge is 0.452 e. The minimum atomic E-state index is -0.514. The predicted molar refractivity (Wildman–Crippen MR) is 104 cm³/mol. The molecule has 0 radical (unpaired) electrons. The number of carbonyl (C=O) groups excluding carboxylic acids is 2. The van der Waals surface area contributed by atoms with Crippen LogP contribution in [0.25, 0.3) is 10.8 Å². The highest BCUT2D eigenvalue weighted by Gasteiger charge is 2.13. The Morgan fingerprint density at radius 3 is 2.35 bits per heavy atom. The third kappa shape index (κ3) is 4.00. The number of benzene rings is 3. The zero-order chi connectivity index (χ0) is 18.5. The quantitative estimate of drug-likeness (QED) is 0.714. The molecule has 0 fully saturated rings. The van der Waals surface area contributed by atoms with Gasteiger partial charge in [0.05, 0.1) is 5.56 Å². The molecule has 26 heavy (non-hydrogen) atoms. The van der Waals surface area contributed by atoms with Crippen molar-refractivity contribution in [3.05, 3.63) is 72.3 Å². The number of nitrogens with one attached hydrogen (secondary N) is 1. The van der Waals surface area contributed by atoms with Crippen LogP contribution in [0.15, 0.2) is 66.7 Å². The smallest absolute Gasteiger partial charge is 0.339 e. The van der Waals surface area contributed by atoms with Crippen molar-refractivity contribution in [2.24, 2.45) is 0 Å². The van der Waals surface area contributed by atoms with Crippen LogP contribution in [0, 0.1) is 0 Å². The summed E-state index contributed by atoms with van der Waals surface area (Å²) in [6.45, 7) is -0.336. The number of amides is 1. The van der Waals surface area contributed by atoms with Gasteiger partial charge in [0, 0.05) is 25.5 Å². The van der Waals surface area contributed by atoms with E-state index < -0.39 is 5.97 Å². The van der Waals surface area contributed by atoms with Crippen molar-refractivity contribution < 1.29 is 14.3 Å². The van der Waals surface area contributed by atoms with Crippen LogP contribution >= 0.6 is 0 Å². The fourth-order valence-electron chi connectivity index (χ4n) is 2.65. The van der Waals surface area contributed by atoms with Gasteiger partial charge in [0.25, 0.3) is 5.91 Å². The summed E-state index contributed by atoms with van der Waals surface area (Å²) in [5.41, 5.74) is 2.14. The van der Waals surface area contributed by atoms with Crippen molar-refractivity contribution in [2.45, 2.75) is 0 Å². The Morgan fingerprint density at radius 2 is 1.62 bits per heavy atom. The zero-order valence-electron chi connectivity index (χ0n) is 14.7. The average molecular weight is 348 g/mol. The molecule has 132 valence electrons. The van der Waals surface area contributed by atoms with E-state index in [0.717, 1.165) is 16.5 Å². The van der Waals surface area contributed by atoms with Crippen molar-refractivity contribution in [1.29, 1.82) is 0 Å². The molecule has 0 saturated carbocycles. The molecule has 0 heterocycles. The first-order chi connectivity index (χ1) is 12.5. The fourth-order valence-corrected chi connectivity index (χ4v) is 2.65. The fraction of sp³-hybridized carbons (Fsp3) is 0.143. The van der Waals surface area contributed by atoms with E-state index in [1.54, 1.807) is 24.3 Å². The molecule has 0 bridgehead atoms. The molecule has 0 aliphatic heterocycles. The zero-order valence-corrected chi connectivity index (χ0v) is 14.7. The summed E-state index contributed by atoms with van der Waals surface area (Å²) in [7, 11) is 3.89. The molecule has 0 aliphatic carbocycles. The lowest BCUT2D eigenvalue weighted by atomic mass is 10.1. The van der Waals surface area contributed by atoms with Crippen molar-refractivity contribution in [3.63, 3.8) is 0 Å². The van der Waals surface area contributed by atoms with E-state index >= 15 is 0 Å². The Hall–Kier alpha value is -3.34. The van der Waals surface area contributed by atoms with Crippen LogP contribution in [0.5, 0.6) is 0 Å². The van der Waals surface area contributed by atoms with Gasteiger partial charge < -0.3 is 15.0 Å². The molecule has 3 aromatic rings. The van der Waals surface area contributed by atoms with Crippen molar-refractivity contribution in [2.75, 3.05) is 30.9 Å². The number of anilines is 2. The van der Waals surface area contributed by atoms with Gasteiger partial charge in [0.1, 0.15) is 0 Å². The van der Waals surface area contributed by atoms with Crippen molar-refractivity contribution in [1.82, 2.24) is 0 Å². The number of hydrogen-bond donors (Lipinski definition) is 1. The lowest BCUT2D eigenvalue weighted by Crippen LogP contribution is -2.21. The first-order valence-electron chi connectivity index (χ1n) is 8.27. The Kier molecular flexibility index (Phi) is 5.17. The second-order valence-corrected chi connectivity index (χ2v) is 6.09. The first kappa shape index (κ1) is 17.5. The molecule has 0 saturated heterocycles. The van der Waals surface area contributed by atoms with Crippen LogP contribution in [0.3, 0.4) is 0 Å². The Morgan fingerprint density at radius 1 is 0.923 bits per heavy atom. The lowest BCUT2D eigenvalue weighted by molar-refractivity contribution is -0.119. The third-order valence-electron chi connectivity index (χ3n) is 4.01. The molecule has 1 amide bonds. The summed E-state index contributed by atoms with van der Waals surface area (Å²) in [6, 6.07) is 20.4. The number of carbonyl (C=O) groups is 2. The molecule has 0 atom stereocenters. The van der Waals surface area contributed by atoms with E-state index in [-0.39, 0.29) is 12.5 Å². The first-order valence-corrected chi connectivity index (χ1v) is 8.27. The standard InChI is InChI=1S/C21H20N2O3/c1-23(2)17-12-10-16(11-13-17)22-20(24)14-26-21(25)19-9-5-7-15-6-3-4-8-18(15)19/h3-13H,14H2,1-2H3,(H,22,24). The van der Waals surface area contributed by atoms with Crippen LogP contribution in [-0.4, -0.2) is 32.6 Å². The molecule has 3 rings (SSSR count). The molecule has 0 aliphatic rings. The van der Waals surface area contributed by atoms with Gasteiger partial charge in [-0.05, 0) is 41.1 Å². The summed E-state index contributed by atoms with van der Waals surface area (Å²) >= 11 is 0. The van der Waals surface area contributed by atoms with Crippen LogP contribution in [0.1, 0.15) is 10.4 Å². The van der Waals surface area contributed by atoms with Gasteiger partial charge in [-0.25, -0.2) is 4.79 Å². The Balaban J connectivity index is 1.61. The third-order valence-corrected chi connectivity index (χ3v) is 4.01. The number of rotatable bonds is 5. The number of fused-ring (bicyclic) bond motifs is 1. The molecule has 5 nitrogen and oxygen atoms in total. The molecule has 1 N–H and O–H groups in total. The number of esters is 1. The van der Waals surface area contributed by atoms with E-state index in [1.807, 2.05) is 61.5 Å². The molecule has 3 aromatic carbocycles. The topological polar surface area (TPSA) is 58.6 Å². The number of nitrogens with zero attached hydrogens (tertiary/aromatic N) is 1. The Labute approximate surface area is 152 Å². The second kappa shape index (κ2) is 7.70. The number of hydrogen-bond acceptors (Lipinski definition) is 4. The lowest BCUT2D eigenvalue weighted by Gasteiger charge is -2.13. The molecular weight excluding hydrogens is 328 g/mol. The molecule has 5 heteroatoms. The molecule has 0 aromatic heterocycles. The van der Waals surface area contributed by atoms with E-state index in [9.17, 15) is 9.59 Å². The van der Waals surface area contributed by atoms with Gasteiger partial charge in [-0.2, -0.15) is 0 Å². The molecular formula is C21H20N2O3. The minimum absolute atomic E-state index is 0.336. The van der Waals surface area contributed by atoms with Gasteiger partial charge in [-0.3, -0.25) is 4.79 Å². The van der Waals surface area contributed by atoms with Crippen LogP contribution in [0.4, 0.5) is 11.4 Å². The van der Waals surface area contributed by atoms with Crippen molar-refractivity contribution >= 4 is 34.0 Å². The van der Waals surface area contributed by atoms with Crippen LogP contribution in [-0.2, 0) is 9.53 Å². The van der Waals surface area contributed by atoms with E-state index in [4.69, 9.17) is 4.74 Å². The normalized spacial score (nSPS) is 10.4. The van der Waals surface area contributed by atoms with E-state index in [0.29, 0.717) is 11.3 Å². The summed E-state index contributed by atoms with van der Waals surface area (Å²) in [5.74, 6) is -0.893. The van der Waals surface area contributed by atoms with Gasteiger partial charge in [-0.15, -0.1) is 0 Å². The monoisotopic (exact) mass is 348 g/mol. The predicted octanol–water partition coefficient (Wildman–Crippen LogP) is 3.70. The van der Waals surface area contributed by atoms with E-state index in [1.165, 1.54) is 0 Å². The summed E-state index contributed by atoms with van der Waals surface area (Å²) in [4.78, 5) is 26.3. The number of ether oxygens (including phenoxy) is 1. The summed E-state index contributed by atoms with van der Waals surface area (Å²) < 4.78 is 5.17. The highest BCUT2D eigenvalue weighted by Crippen LogP contribution is 2.19. The van der Waals surface area contributed by atoms with Gasteiger partial charge in [-0.1, -0.05) is 36.4 Å². The molecule has 0 spiro atoms.